The summed E-state index contributed by atoms with van der Waals surface area (Å²) < 4.78 is 15.8. The minimum Gasteiger partial charge on any atom is -0.452 e. The molecule has 0 saturated carbocycles. The molecule has 1 aliphatic rings. The topological polar surface area (TPSA) is 99.9 Å². The summed E-state index contributed by atoms with van der Waals surface area (Å²) in [4.78, 5) is 25.1. The number of benzene rings is 2. The summed E-state index contributed by atoms with van der Waals surface area (Å²) in [5.74, 6) is 2.64. The van der Waals surface area contributed by atoms with Crippen LogP contribution < -0.4 is 15.8 Å². The molecule has 162 valence electrons. The Hall–Kier alpha value is -4.36. The number of nitrogens with one attached hydrogen (secondary N) is 1. The van der Waals surface area contributed by atoms with Crippen molar-refractivity contribution in [2.75, 3.05) is 25.6 Å². The summed E-state index contributed by atoms with van der Waals surface area (Å²) >= 11 is 0. The molecule has 1 heterocycles. The van der Waals surface area contributed by atoms with Gasteiger partial charge in [0.1, 0.15) is 11.3 Å². The van der Waals surface area contributed by atoms with Crippen LogP contribution in [-0.2, 0) is 19.1 Å². The highest BCUT2D eigenvalue weighted by atomic mass is 16.5. The van der Waals surface area contributed by atoms with Gasteiger partial charge in [-0.1, -0.05) is 30.0 Å². The normalized spacial score (nSPS) is 14.3. The van der Waals surface area contributed by atoms with Gasteiger partial charge >= 0.3 is 11.9 Å². The summed E-state index contributed by atoms with van der Waals surface area (Å²) in [5.41, 5.74) is 9.37. The van der Waals surface area contributed by atoms with E-state index in [4.69, 9.17) is 32.8 Å². The monoisotopic (exact) mass is 430 g/mol. The highest BCUT2D eigenvalue weighted by Crippen LogP contribution is 2.42. The van der Waals surface area contributed by atoms with Crippen LogP contribution in [0.1, 0.15) is 17.9 Å². The van der Waals surface area contributed by atoms with Crippen LogP contribution >= 0.6 is 0 Å². The molecule has 1 atom stereocenters. The molecule has 1 aliphatic heterocycles. The minimum atomic E-state index is -0.762. The van der Waals surface area contributed by atoms with Crippen LogP contribution in [0.3, 0.4) is 0 Å². The van der Waals surface area contributed by atoms with E-state index < -0.39 is 17.9 Å². The van der Waals surface area contributed by atoms with Crippen molar-refractivity contribution in [3.05, 3.63) is 59.5 Å². The van der Waals surface area contributed by atoms with Gasteiger partial charge in [0.15, 0.2) is 13.2 Å². The van der Waals surface area contributed by atoms with Gasteiger partial charge in [-0.15, -0.1) is 12.8 Å². The predicted octanol–water partition coefficient (Wildman–Crippen LogP) is 2.78. The Morgan fingerprint density at radius 2 is 1.81 bits per heavy atom. The zero-order chi connectivity index (χ0) is 23.1. The summed E-state index contributed by atoms with van der Waals surface area (Å²) in [6.45, 7) is -0.421. The second-order valence-electron chi connectivity index (χ2n) is 6.87. The fraction of sp³-hybridized carbons (Fsp3) is 0.200. The molecule has 0 aromatic heterocycles. The number of fused-ring (bicyclic) bond motifs is 1. The maximum Gasteiger partial charge on any atom is 0.341 e. The molecular weight excluding hydrogens is 408 g/mol. The van der Waals surface area contributed by atoms with Crippen molar-refractivity contribution in [2.24, 2.45) is 5.73 Å². The largest absolute Gasteiger partial charge is 0.452 e. The molecule has 0 amide bonds. The van der Waals surface area contributed by atoms with E-state index in [0.29, 0.717) is 11.3 Å². The number of carbonyl (C=O) groups is 2. The van der Waals surface area contributed by atoms with Crippen LogP contribution in [0.2, 0.25) is 0 Å². The number of carbonyl (C=O) groups excluding carboxylic acids is 2. The quantitative estimate of drug-likeness (QED) is 0.515. The van der Waals surface area contributed by atoms with Crippen LogP contribution in [0.4, 0.5) is 5.69 Å². The average molecular weight is 430 g/mol. The molecule has 0 aliphatic carbocycles. The molecule has 0 spiro atoms. The number of terminal acetylenes is 2. The molecule has 32 heavy (non-hydrogen) atoms. The standard InChI is InChI=1S/C25H22N2O5/c1-4-11-30-22(28)15-20-19-14-17(16-7-6-8-18(13-16)27-3)9-10-21(19)32-24(26)23(20)25(29)31-12-5-2/h1-2,6-10,13-14,20,27H,11-12,15,26H2,3H3. The maximum atomic E-state index is 12.7. The van der Waals surface area contributed by atoms with E-state index in [-0.39, 0.29) is 31.1 Å². The van der Waals surface area contributed by atoms with E-state index in [1.807, 2.05) is 43.4 Å². The number of rotatable bonds is 7. The fourth-order valence-electron chi connectivity index (χ4n) is 3.44. The van der Waals surface area contributed by atoms with Crippen molar-refractivity contribution in [3.8, 4) is 41.6 Å². The molecule has 0 bridgehead atoms. The van der Waals surface area contributed by atoms with Crippen LogP contribution in [0.5, 0.6) is 5.75 Å². The molecule has 1 unspecified atom stereocenters. The number of esters is 2. The van der Waals surface area contributed by atoms with Gasteiger partial charge in [0, 0.05) is 24.2 Å². The number of hydrogen-bond acceptors (Lipinski definition) is 7. The molecule has 0 radical (unpaired) electrons. The lowest BCUT2D eigenvalue weighted by Gasteiger charge is -2.28. The SMILES string of the molecule is C#CCOC(=O)CC1C(C(=O)OCC#C)=C(N)Oc2ccc(-c3cccc(NC)c3)cc21. The smallest absolute Gasteiger partial charge is 0.341 e. The third kappa shape index (κ3) is 4.85. The van der Waals surface area contributed by atoms with Crippen molar-refractivity contribution < 1.29 is 23.8 Å². The summed E-state index contributed by atoms with van der Waals surface area (Å²) in [7, 11) is 1.83. The van der Waals surface area contributed by atoms with E-state index in [0.717, 1.165) is 16.8 Å². The second kappa shape index (κ2) is 10.1. The Kier molecular flexibility index (Phi) is 7.05. The van der Waals surface area contributed by atoms with E-state index in [9.17, 15) is 9.59 Å². The Morgan fingerprint density at radius 3 is 2.53 bits per heavy atom. The number of ether oxygens (including phenoxy) is 3. The molecule has 7 heteroatoms. The highest BCUT2D eigenvalue weighted by molar-refractivity contribution is 5.93. The van der Waals surface area contributed by atoms with E-state index >= 15 is 0 Å². The second-order valence-corrected chi connectivity index (χ2v) is 6.87. The molecule has 7 nitrogen and oxygen atoms in total. The third-order valence-corrected chi connectivity index (χ3v) is 4.90. The Labute approximate surface area is 186 Å². The van der Waals surface area contributed by atoms with Gasteiger partial charge in [0.25, 0.3) is 0 Å². The summed E-state index contributed by atoms with van der Waals surface area (Å²) in [6.07, 6.45) is 10.2. The minimum absolute atomic E-state index is 0.00605. The first-order chi connectivity index (χ1) is 15.5. The van der Waals surface area contributed by atoms with Crippen LogP contribution in [0.15, 0.2) is 53.9 Å². The number of anilines is 1. The summed E-state index contributed by atoms with van der Waals surface area (Å²) in [6, 6.07) is 13.3. The van der Waals surface area contributed by atoms with Crippen LogP contribution in [-0.4, -0.2) is 32.2 Å². The van der Waals surface area contributed by atoms with E-state index in [1.165, 1.54) is 0 Å². The van der Waals surface area contributed by atoms with Crippen molar-refractivity contribution in [2.45, 2.75) is 12.3 Å². The molecule has 2 aromatic carbocycles. The Bertz CT molecular complexity index is 1150. The number of nitrogens with two attached hydrogens (primary N) is 1. The van der Waals surface area contributed by atoms with E-state index in [2.05, 4.69) is 17.2 Å². The van der Waals surface area contributed by atoms with E-state index in [1.54, 1.807) is 6.07 Å². The predicted molar refractivity (Wildman–Crippen MR) is 120 cm³/mol. The molecular formula is C25H22N2O5. The average Bonchev–Trinajstić information content (AvgIpc) is 2.81. The van der Waals surface area contributed by atoms with Gasteiger partial charge < -0.3 is 25.3 Å². The Balaban J connectivity index is 2.05. The lowest BCUT2D eigenvalue weighted by molar-refractivity contribution is -0.142. The van der Waals surface area contributed by atoms with Gasteiger partial charge in [0.05, 0.1) is 6.42 Å². The molecule has 0 saturated heterocycles. The highest BCUT2D eigenvalue weighted by Gasteiger charge is 2.36. The van der Waals surface area contributed by atoms with Crippen LogP contribution in [0.25, 0.3) is 11.1 Å². The van der Waals surface area contributed by atoms with Crippen LogP contribution in [0, 0.1) is 24.7 Å². The van der Waals surface area contributed by atoms with Gasteiger partial charge in [-0.25, -0.2) is 4.79 Å². The third-order valence-electron chi connectivity index (χ3n) is 4.90. The van der Waals surface area contributed by atoms with Crippen molar-refractivity contribution in [1.82, 2.24) is 0 Å². The van der Waals surface area contributed by atoms with Gasteiger partial charge in [-0.3, -0.25) is 4.79 Å². The summed E-state index contributed by atoms with van der Waals surface area (Å²) in [5, 5.41) is 3.10. The van der Waals surface area contributed by atoms with Gasteiger partial charge in [-0.2, -0.15) is 0 Å². The first-order valence-corrected chi connectivity index (χ1v) is 9.77. The fourth-order valence-corrected chi connectivity index (χ4v) is 3.44. The zero-order valence-corrected chi connectivity index (χ0v) is 17.5. The van der Waals surface area contributed by atoms with Crippen molar-refractivity contribution in [3.63, 3.8) is 0 Å². The molecule has 3 N–H and O–H groups in total. The van der Waals surface area contributed by atoms with Crippen molar-refractivity contribution >= 4 is 17.6 Å². The molecule has 0 fully saturated rings. The lowest BCUT2D eigenvalue weighted by atomic mass is 9.84. The first kappa shape index (κ1) is 22.3. The molecule has 2 aromatic rings. The zero-order valence-electron chi connectivity index (χ0n) is 17.5. The van der Waals surface area contributed by atoms with Gasteiger partial charge in [0.2, 0.25) is 5.88 Å². The number of hydrogen-bond donors (Lipinski definition) is 2. The molecule has 3 rings (SSSR count). The lowest BCUT2D eigenvalue weighted by Crippen LogP contribution is -2.28. The maximum absolute atomic E-state index is 12.7. The van der Waals surface area contributed by atoms with Gasteiger partial charge in [-0.05, 0) is 35.4 Å². The van der Waals surface area contributed by atoms with Crippen molar-refractivity contribution in [1.29, 1.82) is 0 Å². The first-order valence-electron chi connectivity index (χ1n) is 9.77. The Morgan fingerprint density at radius 1 is 1.09 bits per heavy atom.